The van der Waals surface area contributed by atoms with Gasteiger partial charge in [0.1, 0.15) is 0 Å². The average Bonchev–Trinajstić information content (AvgIpc) is 2.85. The summed E-state index contributed by atoms with van der Waals surface area (Å²) in [6.07, 6.45) is 7.83. The Labute approximate surface area is 103 Å². The molecule has 0 amide bonds. The molecule has 0 unspecified atom stereocenters. The van der Waals surface area contributed by atoms with E-state index in [-0.39, 0.29) is 0 Å². The standard InChI is InChI=1S/C17H16/c1-2-5-14(6-3-1)9-10-15-11-12-16-7-4-8-17(16)13-15/h1-7,11-13H,8-10H2. The lowest BCUT2D eigenvalue weighted by Gasteiger charge is -2.05. The van der Waals surface area contributed by atoms with E-state index in [0.29, 0.717) is 0 Å². The Morgan fingerprint density at radius 1 is 0.824 bits per heavy atom. The number of allylic oxidation sites excluding steroid dienone is 1. The van der Waals surface area contributed by atoms with E-state index < -0.39 is 0 Å². The lowest BCUT2D eigenvalue weighted by molar-refractivity contribution is 0.957. The predicted molar refractivity (Wildman–Crippen MR) is 73.0 cm³/mol. The predicted octanol–water partition coefficient (Wildman–Crippen LogP) is 4.04. The Bertz CT molecular complexity index is 535. The van der Waals surface area contributed by atoms with Crippen LogP contribution in [0.3, 0.4) is 0 Å². The van der Waals surface area contributed by atoms with Gasteiger partial charge in [-0.05, 0) is 41.5 Å². The molecule has 0 heterocycles. The van der Waals surface area contributed by atoms with Crippen molar-refractivity contribution in [3.05, 3.63) is 76.9 Å². The summed E-state index contributed by atoms with van der Waals surface area (Å²) in [5, 5.41) is 0. The summed E-state index contributed by atoms with van der Waals surface area (Å²) >= 11 is 0. The SMILES string of the molecule is C1=Cc2ccc(CCc3ccccc3)cc2C1. The Hall–Kier alpha value is -1.82. The van der Waals surface area contributed by atoms with Crippen LogP contribution in [0.15, 0.2) is 54.6 Å². The van der Waals surface area contributed by atoms with Gasteiger partial charge in [0.25, 0.3) is 0 Å². The summed E-state index contributed by atoms with van der Waals surface area (Å²) in [6, 6.07) is 17.6. The number of hydrogen-bond acceptors (Lipinski definition) is 0. The van der Waals surface area contributed by atoms with Crippen LogP contribution < -0.4 is 0 Å². The van der Waals surface area contributed by atoms with Crippen LogP contribution in [0.4, 0.5) is 0 Å². The maximum Gasteiger partial charge on any atom is -0.00881 e. The van der Waals surface area contributed by atoms with Gasteiger partial charge in [0.05, 0.1) is 0 Å². The van der Waals surface area contributed by atoms with Crippen LogP contribution in [-0.2, 0) is 19.3 Å². The van der Waals surface area contributed by atoms with Gasteiger partial charge in [-0.2, -0.15) is 0 Å². The van der Waals surface area contributed by atoms with Gasteiger partial charge in [-0.3, -0.25) is 0 Å². The van der Waals surface area contributed by atoms with Gasteiger partial charge in [0.2, 0.25) is 0 Å². The molecule has 0 atom stereocenters. The highest BCUT2D eigenvalue weighted by Crippen LogP contribution is 2.21. The minimum atomic E-state index is 1.11. The minimum absolute atomic E-state index is 1.11. The minimum Gasteiger partial charge on any atom is -0.0795 e. The fourth-order valence-electron chi connectivity index (χ4n) is 2.40. The molecule has 0 aromatic heterocycles. The van der Waals surface area contributed by atoms with Crippen molar-refractivity contribution in [1.29, 1.82) is 0 Å². The van der Waals surface area contributed by atoms with Gasteiger partial charge >= 0.3 is 0 Å². The fourth-order valence-corrected chi connectivity index (χ4v) is 2.40. The Kier molecular flexibility index (Phi) is 2.79. The Balaban J connectivity index is 1.70. The van der Waals surface area contributed by atoms with E-state index in [4.69, 9.17) is 0 Å². The number of benzene rings is 2. The van der Waals surface area contributed by atoms with E-state index in [1.54, 1.807) is 0 Å². The number of rotatable bonds is 3. The highest BCUT2D eigenvalue weighted by molar-refractivity contribution is 5.60. The number of aryl methyl sites for hydroxylation is 2. The normalized spacial score (nSPS) is 12.7. The first-order valence-corrected chi connectivity index (χ1v) is 6.24. The molecular weight excluding hydrogens is 204 g/mol. The molecule has 0 saturated carbocycles. The van der Waals surface area contributed by atoms with E-state index in [1.165, 1.54) is 22.3 Å². The molecule has 0 spiro atoms. The third-order valence-electron chi connectivity index (χ3n) is 3.39. The van der Waals surface area contributed by atoms with Crippen molar-refractivity contribution in [2.45, 2.75) is 19.3 Å². The molecule has 3 rings (SSSR count). The van der Waals surface area contributed by atoms with Crippen LogP contribution in [-0.4, -0.2) is 0 Å². The molecule has 84 valence electrons. The molecule has 2 aromatic rings. The molecule has 1 aliphatic carbocycles. The van der Waals surface area contributed by atoms with Crippen molar-refractivity contribution in [3.8, 4) is 0 Å². The van der Waals surface area contributed by atoms with Crippen molar-refractivity contribution in [1.82, 2.24) is 0 Å². The summed E-state index contributed by atoms with van der Waals surface area (Å²) in [5.41, 5.74) is 5.76. The summed E-state index contributed by atoms with van der Waals surface area (Å²) in [6.45, 7) is 0. The van der Waals surface area contributed by atoms with Crippen LogP contribution in [0, 0.1) is 0 Å². The third-order valence-corrected chi connectivity index (χ3v) is 3.39. The van der Waals surface area contributed by atoms with E-state index >= 15 is 0 Å². The first kappa shape index (κ1) is 10.3. The largest absolute Gasteiger partial charge is 0.0795 e. The van der Waals surface area contributed by atoms with Crippen molar-refractivity contribution in [2.24, 2.45) is 0 Å². The van der Waals surface area contributed by atoms with Crippen LogP contribution in [0.5, 0.6) is 0 Å². The molecular formula is C17H16. The zero-order valence-electron chi connectivity index (χ0n) is 9.89. The first-order valence-electron chi connectivity index (χ1n) is 6.24. The van der Waals surface area contributed by atoms with Gasteiger partial charge in [-0.1, -0.05) is 60.7 Å². The second kappa shape index (κ2) is 4.58. The molecule has 0 bridgehead atoms. The second-order valence-corrected chi connectivity index (χ2v) is 4.63. The lowest BCUT2D eigenvalue weighted by atomic mass is 10.0. The molecule has 0 fully saturated rings. The van der Waals surface area contributed by atoms with Crippen molar-refractivity contribution < 1.29 is 0 Å². The molecule has 17 heavy (non-hydrogen) atoms. The molecule has 0 nitrogen and oxygen atoms in total. The highest BCUT2D eigenvalue weighted by Gasteiger charge is 2.05. The molecule has 0 N–H and O–H groups in total. The summed E-state index contributed by atoms with van der Waals surface area (Å²) in [7, 11) is 0. The van der Waals surface area contributed by atoms with Crippen LogP contribution in [0.1, 0.15) is 22.3 Å². The smallest absolute Gasteiger partial charge is 0.00881 e. The van der Waals surface area contributed by atoms with Gasteiger partial charge < -0.3 is 0 Å². The summed E-state index contributed by atoms with van der Waals surface area (Å²) in [4.78, 5) is 0. The van der Waals surface area contributed by atoms with Gasteiger partial charge in [-0.15, -0.1) is 0 Å². The number of fused-ring (bicyclic) bond motifs is 1. The Morgan fingerprint density at radius 3 is 2.53 bits per heavy atom. The highest BCUT2D eigenvalue weighted by atomic mass is 14.1. The van der Waals surface area contributed by atoms with Gasteiger partial charge in [-0.25, -0.2) is 0 Å². The number of hydrogen-bond donors (Lipinski definition) is 0. The van der Waals surface area contributed by atoms with E-state index in [2.05, 4.69) is 60.7 Å². The second-order valence-electron chi connectivity index (χ2n) is 4.63. The molecule has 2 aromatic carbocycles. The molecule has 0 radical (unpaired) electrons. The van der Waals surface area contributed by atoms with Gasteiger partial charge in [0.15, 0.2) is 0 Å². The van der Waals surface area contributed by atoms with Crippen molar-refractivity contribution in [2.75, 3.05) is 0 Å². The fraction of sp³-hybridized carbons (Fsp3) is 0.176. The maximum atomic E-state index is 2.36. The first-order chi connectivity index (χ1) is 8.42. The zero-order valence-corrected chi connectivity index (χ0v) is 9.89. The average molecular weight is 220 g/mol. The maximum absolute atomic E-state index is 2.36. The topological polar surface area (TPSA) is 0 Å². The van der Waals surface area contributed by atoms with Gasteiger partial charge in [0, 0.05) is 0 Å². The van der Waals surface area contributed by atoms with Crippen LogP contribution in [0.2, 0.25) is 0 Å². The third kappa shape index (κ3) is 2.31. The molecule has 0 heteroatoms. The van der Waals surface area contributed by atoms with E-state index in [1.807, 2.05) is 0 Å². The van der Waals surface area contributed by atoms with E-state index in [0.717, 1.165) is 19.3 Å². The molecule has 0 aliphatic heterocycles. The van der Waals surface area contributed by atoms with Crippen LogP contribution in [0.25, 0.3) is 6.08 Å². The quantitative estimate of drug-likeness (QED) is 0.732. The molecule has 1 aliphatic rings. The monoisotopic (exact) mass is 220 g/mol. The van der Waals surface area contributed by atoms with Crippen LogP contribution >= 0.6 is 0 Å². The van der Waals surface area contributed by atoms with E-state index in [9.17, 15) is 0 Å². The summed E-state index contributed by atoms with van der Waals surface area (Å²) in [5.74, 6) is 0. The zero-order chi connectivity index (χ0) is 11.5. The Morgan fingerprint density at radius 2 is 1.65 bits per heavy atom. The van der Waals surface area contributed by atoms with Crippen molar-refractivity contribution >= 4 is 6.08 Å². The lowest BCUT2D eigenvalue weighted by Crippen LogP contribution is -1.93. The molecule has 0 saturated heterocycles. The van der Waals surface area contributed by atoms with Crippen molar-refractivity contribution in [3.63, 3.8) is 0 Å². The summed E-state index contributed by atoms with van der Waals surface area (Å²) < 4.78 is 0.